The van der Waals surface area contributed by atoms with Crippen molar-refractivity contribution in [2.24, 2.45) is 0 Å². The van der Waals surface area contributed by atoms with Crippen molar-refractivity contribution in [3.8, 4) is 0 Å². The van der Waals surface area contributed by atoms with Crippen molar-refractivity contribution in [2.45, 2.75) is 44.9 Å². The van der Waals surface area contributed by atoms with Crippen molar-refractivity contribution in [3.05, 3.63) is 49.1 Å². The van der Waals surface area contributed by atoms with Crippen LogP contribution >= 0.6 is 0 Å². The van der Waals surface area contributed by atoms with Crippen LogP contribution in [0.3, 0.4) is 0 Å². The van der Waals surface area contributed by atoms with Gasteiger partial charge in [0.1, 0.15) is 0 Å². The van der Waals surface area contributed by atoms with E-state index < -0.39 is 5.97 Å². The number of hydrogen-bond donors (Lipinski definition) is 0. The number of hydrogen-bond acceptors (Lipinski definition) is 2. The molecule has 0 saturated carbocycles. The van der Waals surface area contributed by atoms with Gasteiger partial charge in [0.05, 0.1) is 0 Å². The molecule has 0 rings (SSSR count). The number of rotatable bonds is 11. The monoisotopic (exact) mass is 270 g/mol. The molecule has 0 saturated heterocycles. The Morgan fingerprint density at radius 2 is 1.42 bits per heavy atom. The minimum absolute atomic E-state index is 0. The molecule has 0 aliphatic carbocycles. The molecule has 100 valence electrons. The molecule has 0 amide bonds. The molecule has 0 radical (unpaired) electrons. The summed E-state index contributed by atoms with van der Waals surface area (Å²) in [6.45, 7) is 3.64. The van der Waals surface area contributed by atoms with Crippen LogP contribution in [0, 0.1) is 0 Å². The zero-order valence-corrected chi connectivity index (χ0v) is 14.0. The summed E-state index contributed by atoms with van der Waals surface area (Å²) in [6, 6.07) is 0. The summed E-state index contributed by atoms with van der Waals surface area (Å²) < 4.78 is 0. The summed E-state index contributed by atoms with van der Waals surface area (Å²) in [6.07, 6.45) is 20.2. The molecule has 0 aliphatic heterocycles. The van der Waals surface area contributed by atoms with Gasteiger partial charge in [-0.1, -0.05) is 42.5 Å². The largest absolute Gasteiger partial charge is 1.00 e. The second kappa shape index (κ2) is 17.4. The molecule has 0 aromatic rings. The van der Waals surface area contributed by atoms with Gasteiger partial charge in [0.25, 0.3) is 0 Å². The first kappa shape index (κ1) is 20.7. The zero-order chi connectivity index (χ0) is 13.5. The maximum atomic E-state index is 10.2. The Morgan fingerprint density at radius 1 is 0.895 bits per heavy atom. The Balaban J connectivity index is 0. The third-order valence-corrected chi connectivity index (χ3v) is 2.35. The van der Waals surface area contributed by atoms with Gasteiger partial charge in [0.2, 0.25) is 0 Å². The third kappa shape index (κ3) is 19.9. The molecular weight excluding hydrogens is 247 g/mol. The van der Waals surface area contributed by atoms with E-state index in [0.717, 1.165) is 32.1 Å². The molecule has 0 aromatic heterocycles. The normalized spacial score (nSPS) is 11.2. The Hall–Kier alpha value is -0.570. The maximum Gasteiger partial charge on any atom is 1.00 e. The summed E-state index contributed by atoms with van der Waals surface area (Å²) in [5.41, 5.74) is 0. The van der Waals surface area contributed by atoms with Crippen LogP contribution in [-0.4, -0.2) is 5.97 Å². The molecule has 0 heterocycles. The number of aliphatic carboxylic acids is 1. The fourth-order valence-electron chi connectivity index (χ4n) is 1.38. The van der Waals surface area contributed by atoms with E-state index in [1.54, 1.807) is 0 Å². The van der Waals surface area contributed by atoms with E-state index in [2.05, 4.69) is 43.0 Å². The van der Waals surface area contributed by atoms with Gasteiger partial charge in [-0.15, -0.1) is 6.58 Å². The third-order valence-electron chi connectivity index (χ3n) is 2.35. The summed E-state index contributed by atoms with van der Waals surface area (Å²) in [4.78, 5) is 10.2. The summed E-state index contributed by atoms with van der Waals surface area (Å²) in [5.74, 6) is -0.952. The number of carboxylic acid groups (broad SMARTS) is 1. The molecule has 0 N–H and O–H groups in total. The number of carboxylic acids is 1. The molecule has 0 fully saturated rings. The average molecular weight is 270 g/mol. The first-order chi connectivity index (χ1) is 8.77. The summed E-state index contributed by atoms with van der Waals surface area (Å²) >= 11 is 0. The quantitative estimate of drug-likeness (QED) is 0.308. The predicted molar refractivity (Wildman–Crippen MR) is 74.9 cm³/mol. The molecule has 0 unspecified atom stereocenters. The molecular formula is C16H23NaO2. The van der Waals surface area contributed by atoms with Gasteiger partial charge in [-0.05, 0) is 44.9 Å². The van der Waals surface area contributed by atoms with E-state index in [4.69, 9.17) is 0 Å². The van der Waals surface area contributed by atoms with Crippen molar-refractivity contribution in [2.75, 3.05) is 0 Å². The van der Waals surface area contributed by atoms with Crippen molar-refractivity contribution < 1.29 is 39.5 Å². The Kier molecular flexibility index (Phi) is 19.0. The van der Waals surface area contributed by atoms with Gasteiger partial charge < -0.3 is 9.90 Å². The van der Waals surface area contributed by atoms with Crippen molar-refractivity contribution in [1.29, 1.82) is 0 Å². The number of allylic oxidation sites excluding steroid dienone is 7. The van der Waals surface area contributed by atoms with Crippen molar-refractivity contribution in [1.82, 2.24) is 0 Å². The standard InChI is InChI=1S/C16H24O2.Na/c1-2-3-4-5-6-7-8-9-10-11-12-13-14-15-16(17)18;/h2,4-5,7-8,10-11H,1,3,6,9,12-15H2,(H,17,18);/q;+1/p-1/b5-4+,8-7+,11-10+;. The van der Waals surface area contributed by atoms with Gasteiger partial charge in [0.15, 0.2) is 0 Å². The van der Waals surface area contributed by atoms with E-state index in [1.165, 1.54) is 0 Å². The fourth-order valence-corrected chi connectivity index (χ4v) is 1.38. The zero-order valence-electron chi connectivity index (χ0n) is 12.0. The van der Waals surface area contributed by atoms with Gasteiger partial charge in [-0.2, -0.15) is 0 Å². The van der Waals surface area contributed by atoms with Gasteiger partial charge in [-0.25, -0.2) is 0 Å². The SMILES string of the molecule is C=CC/C=C/C/C=C/C/C=C/CCCCC(=O)[O-].[Na+]. The van der Waals surface area contributed by atoms with E-state index >= 15 is 0 Å². The number of carbonyl (C=O) groups excluding carboxylic acids is 1. The summed E-state index contributed by atoms with van der Waals surface area (Å²) in [7, 11) is 0. The molecule has 0 spiro atoms. The van der Waals surface area contributed by atoms with E-state index in [1.807, 2.05) is 6.08 Å². The van der Waals surface area contributed by atoms with Crippen molar-refractivity contribution >= 4 is 5.97 Å². The minimum atomic E-state index is -0.952. The molecule has 0 aliphatic rings. The van der Waals surface area contributed by atoms with Gasteiger partial charge >= 0.3 is 29.6 Å². The van der Waals surface area contributed by atoms with Crippen LogP contribution in [0.15, 0.2) is 49.1 Å². The van der Waals surface area contributed by atoms with Crippen LogP contribution in [-0.2, 0) is 4.79 Å². The van der Waals surface area contributed by atoms with Crippen LogP contribution < -0.4 is 34.7 Å². The second-order valence-corrected chi connectivity index (χ2v) is 4.03. The summed E-state index contributed by atoms with van der Waals surface area (Å²) in [5, 5.41) is 10.2. The smallest absolute Gasteiger partial charge is 0.550 e. The predicted octanol–water partition coefficient (Wildman–Crippen LogP) is 0.326. The van der Waals surface area contributed by atoms with E-state index in [0.29, 0.717) is 6.42 Å². The Labute approximate surface area is 139 Å². The fraction of sp³-hybridized carbons (Fsp3) is 0.438. The maximum absolute atomic E-state index is 10.2. The molecule has 0 aromatic carbocycles. The molecule has 3 heteroatoms. The first-order valence-electron chi connectivity index (χ1n) is 6.53. The van der Waals surface area contributed by atoms with Gasteiger partial charge in [-0.3, -0.25) is 0 Å². The molecule has 19 heavy (non-hydrogen) atoms. The van der Waals surface area contributed by atoms with Crippen LogP contribution in [0.2, 0.25) is 0 Å². The molecule has 2 nitrogen and oxygen atoms in total. The molecule has 0 bridgehead atoms. The number of carbonyl (C=O) groups is 1. The Bertz CT molecular complexity index is 304. The van der Waals surface area contributed by atoms with Crippen LogP contribution in [0.4, 0.5) is 0 Å². The molecule has 0 atom stereocenters. The number of unbranched alkanes of at least 4 members (excludes halogenated alkanes) is 2. The average Bonchev–Trinajstić information content (AvgIpc) is 2.34. The second-order valence-electron chi connectivity index (χ2n) is 4.03. The topological polar surface area (TPSA) is 40.1 Å². The minimum Gasteiger partial charge on any atom is -0.550 e. The van der Waals surface area contributed by atoms with Crippen molar-refractivity contribution in [3.63, 3.8) is 0 Å². The van der Waals surface area contributed by atoms with E-state index in [-0.39, 0.29) is 36.0 Å². The van der Waals surface area contributed by atoms with Crippen LogP contribution in [0.1, 0.15) is 44.9 Å². The van der Waals surface area contributed by atoms with Crippen LogP contribution in [0.25, 0.3) is 0 Å². The first-order valence-corrected chi connectivity index (χ1v) is 6.53. The van der Waals surface area contributed by atoms with E-state index in [9.17, 15) is 9.90 Å². The van der Waals surface area contributed by atoms with Gasteiger partial charge in [0, 0.05) is 5.97 Å². The van der Waals surface area contributed by atoms with Crippen LogP contribution in [0.5, 0.6) is 0 Å². The Morgan fingerprint density at radius 3 is 1.95 bits per heavy atom.